The molecular weight excluding hydrogens is 306 g/mol. The van der Waals surface area contributed by atoms with Crippen LogP contribution in [0.25, 0.3) is 0 Å². The molecule has 0 aliphatic heterocycles. The number of hydrogen-bond acceptors (Lipinski definition) is 4. The van der Waals surface area contributed by atoms with Gasteiger partial charge < -0.3 is 4.74 Å². The van der Waals surface area contributed by atoms with Crippen LogP contribution in [0.4, 0.5) is 0 Å². The molecule has 0 aliphatic rings. The fourth-order valence-electron chi connectivity index (χ4n) is 2.12. The summed E-state index contributed by atoms with van der Waals surface area (Å²) in [6.07, 6.45) is 0. The molecule has 1 N–H and O–H groups in total. The van der Waals surface area contributed by atoms with E-state index in [2.05, 4.69) is 5.32 Å². The number of benzene rings is 1. The molecule has 1 unspecified atom stereocenters. The summed E-state index contributed by atoms with van der Waals surface area (Å²) in [6, 6.07) is 9.08. The third-order valence-electron chi connectivity index (χ3n) is 3.13. The third-order valence-corrected chi connectivity index (χ3v) is 4.24. The van der Waals surface area contributed by atoms with Crippen LogP contribution in [0.15, 0.2) is 35.7 Å². The van der Waals surface area contributed by atoms with Crippen LogP contribution in [0.3, 0.4) is 0 Å². The summed E-state index contributed by atoms with van der Waals surface area (Å²) in [5.41, 5.74) is 1.87. The van der Waals surface area contributed by atoms with E-state index in [9.17, 15) is 4.79 Å². The molecule has 3 nitrogen and oxygen atoms in total. The molecular formula is C16H18ClNO2S. The number of carbonyl (C=O) groups is 1. The van der Waals surface area contributed by atoms with Gasteiger partial charge in [0.1, 0.15) is 6.04 Å². The van der Waals surface area contributed by atoms with Crippen LogP contribution in [-0.2, 0) is 16.1 Å². The van der Waals surface area contributed by atoms with Crippen molar-refractivity contribution in [2.45, 2.75) is 26.4 Å². The Bertz CT molecular complexity index is 598. The highest BCUT2D eigenvalue weighted by Gasteiger charge is 2.23. The van der Waals surface area contributed by atoms with Crippen molar-refractivity contribution in [1.29, 1.82) is 0 Å². The Hall–Kier alpha value is -1.36. The van der Waals surface area contributed by atoms with Crippen LogP contribution >= 0.6 is 22.9 Å². The van der Waals surface area contributed by atoms with Gasteiger partial charge in [-0.3, -0.25) is 5.32 Å². The lowest BCUT2D eigenvalue weighted by molar-refractivity contribution is -0.145. The van der Waals surface area contributed by atoms with E-state index in [0.717, 1.165) is 11.1 Å². The first-order valence-corrected chi connectivity index (χ1v) is 8.06. The van der Waals surface area contributed by atoms with Gasteiger partial charge in [-0.25, -0.2) is 4.79 Å². The minimum absolute atomic E-state index is 0.264. The highest BCUT2D eigenvalue weighted by molar-refractivity contribution is 7.09. The lowest BCUT2D eigenvalue weighted by atomic mass is 10.0. The standard InChI is InChI=1S/C16H18ClNO2S/c1-3-20-16(19)15(18-10-13-5-4-8-21-13)14-7-6-12(17)9-11(14)2/h4-9,15,18H,3,10H2,1-2H3. The van der Waals surface area contributed by atoms with Crippen LogP contribution in [0.5, 0.6) is 0 Å². The van der Waals surface area contributed by atoms with Gasteiger partial charge in [0.15, 0.2) is 0 Å². The Balaban J connectivity index is 2.20. The second-order valence-corrected chi connectivity index (χ2v) is 6.11. The van der Waals surface area contributed by atoms with Crippen molar-refractivity contribution in [3.8, 4) is 0 Å². The average Bonchev–Trinajstić information content (AvgIpc) is 2.94. The Morgan fingerprint density at radius 1 is 1.43 bits per heavy atom. The topological polar surface area (TPSA) is 38.3 Å². The Morgan fingerprint density at radius 2 is 2.24 bits per heavy atom. The van der Waals surface area contributed by atoms with E-state index < -0.39 is 6.04 Å². The second kappa shape index (κ2) is 7.59. The normalized spacial score (nSPS) is 12.1. The van der Waals surface area contributed by atoms with Gasteiger partial charge in [-0.05, 0) is 48.6 Å². The quantitative estimate of drug-likeness (QED) is 0.813. The number of thiophene rings is 1. The highest BCUT2D eigenvalue weighted by atomic mass is 35.5. The van der Waals surface area contributed by atoms with Gasteiger partial charge in [0.2, 0.25) is 0 Å². The first-order chi connectivity index (χ1) is 10.1. The molecule has 0 saturated carbocycles. The predicted octanol–water partition coefficient (Wildman–Crippen LogP) is 4.10. The van der Waals surface area contributed by atoms with E-state index in [1.54, 1.807) is 17.4 Å². The van der Waals surface area contributed by atoms with E-state index in [0.29, 0.717) is 18.2 Å². The van der Waals surface area contributed by atoms with Crippen molar-refractivity contribution >= 4 is 28.9 Å². The zero-order chi connectivity index (χ0) is 15.2. The van der Waals surface area contributed by atoms with Crippen molar-refractivity contribution in [1.82, 2.24) is 5.32 Å². The van der Waals surface area contributed by atoms with E-state index >= 15 is 0 Å². The van der Waals surface area contributed by atoms with E-state index in [1.807, 2.05) is 43.5 Å². The lowest BCUT2D eigenvalue weighted by Gasteiger charge is -2.19. The van der Waals surface area contributed by atoms with Crippen LogP contribution < -0.4 is 5.32 Å². The van der Waals surface area contributed by atoms with Gasteiger partial charge >= 0.3 is 5.97 Å². The molecule has 1 aromatic heterocycles. The minimum atomic E-state index is -0.482. The van der Waals surface area contributed by atoms with Crippen molar-refractivity contribution < 1.29 is 9.53 Å². The summed E-state index contributed by atoms with van der Waals surface area (Å²) in [4.78, 5) is 13.4. The van der Waals surface area contributed by atoms with Crippen LogP contribution in [-0.4, -0.2) is 12.6 Å². The summed E-state index contributed by atoms with van der Waals surface area (Å²) in [6.45, 7) is 4.75. The summed E-state index contributed by atoms with van der Waals surface area (Å²) in [7, 11) is 0. The number of nitrogens with one attached hydrogen (secondary N) is 1. The fraction of sp³-hybridized carbons (Fsp3) is 0.312. The number of esters is 1. The van der Waals surface area contributed by atoms with Crippen LogP contribution in [0, 0.1) is 6.92 Å². The summed E-state index contributed by atoms with van der Waals surface area (Å²) in [5, 5.41) is 5.96. The predicted molar refractivity (Wildman–Crippen MR) is 86.7 cm³/mol. The molecule has 2 aromatic rings. The molecule has 1 aromatic carbocycles. The number of carbonyl (C=O) groups excluding carboxylic acids is 1. The Morgan fingerprint density at radius 3 is 2.86 bits per heavy atom. The monoisotopic (exact) mass is 323 g/mol. The highest BCUT2D eigenvalue weighted by Crippen LogP contribution is 2.23. The number of rotatable bonds is 6. The Kier molecular flexibility index (Phi) is 5.79. The molecule has 112 valence electrons. The van der Waals surface area contributed by atoms with E-state index in [1.165, 1.54) is 4.88 Å². The van der Waals surface area contributed by atoms with Crippen LogP contribution in [0.2, 0.25) is 5.02 Å². The molecule has 1 atom stereocenters. The van der Waals surface area contributed by atoms with Crippen LogP contribution in [0.1, 0.15) is 29.0 Å². The smallest absolute Gasteiger partial charge is 0.327 e. The molecule has 0 amide bonds. The van der Waals surface area contributed by atoms with E-state index in [4.69, 9.17) is 16.3 Å². The maximum atomic E-state index is 12.2. The lowest BCUT2D eigenvalue weighted by Crippen LogP contribution is -2.30. The molecule has 1 heterocycles. The molecule has 0 spiro atoms. The third kappa shape index (κ3) is 4.30. The number of aryl methyl sites for hydroxylation is 1. The van der Waals surface area contributed by atoms with Gasteiger partial charge in [-0.2, -0.15) is 0 Å². The van der Waals surface area contributed by atoms with Gasteiger partial charge in [0.05, 0.1) is 6.61 Å². The Labute approximate surface area is 133 Å². The molecule has 0 aliphatic carbocycles. The zero-order valence-electron chi connectivity index (χ0n) is 12.1. The number of halogens is 1. The molecule has 0 fully saturated rings. The summed E-state index contributed by atoms with van der Waals surface area (Å²) < 4.78 is 5.18. The average molecular weight is 324 g/mol. The number of ether oxygens (including phenoxy) is 1. The van der Waals surface area contributed by atoms with Crippen molar-refractivity contribution in [3.63, 3.8) is 0 Å². The largest absolute Gasteiger partial charge is 0.465 e. The summed E-state index contributed by atoms with van der Waals surface area (Å²) in [5.74, 6) is -0.264. The molecule has 0 bridgehead atoms. The molecule has 0 saturated heterocycles. The molecule has 5 heteroatoms. The van der Waals surface area contributed by atoms with Gasteiger partial charge in [-0.15, -0.1) is 11.3 Å². The maximum Gasteiger partial charge on any atom is 0.327 e. The van der Waals surface area contributed by atoms with Crippen molar-refractivity contribution in [2.75, 3.05) is 6.61 Å². The zero-order valence-corrected chi connectivity index (χ0v) is 13.6. The molecule has 0 radical (unpaired) electrons. The maximum absolute atomic E-state index is 12.2. The number of hydrogen-bond donors (Lipinski definition) is 1. The minimum Gasteiger partial charge on any atom is -0.465 e. The fourth-order valence-corrected chi connectivity index (χ4v) is 3.01. The first-order valence-electron chi connectivity index (χ1n) is 6.80. The van der Waals surface area contributed by atoms with Crippen molar-refractivity contribution in [3.05, 3.63) is 56.7 Å². The van der Waals surface area contributed by atoms with Gasteiger partial charge in [0.25, 0.3) is 0 Å². The van der Waals surface area contributed by atoms with Gasteiger partial charge in [0, 0.05) is 16.4 Å². The molecule has 21 heavy (non-hydrogen) atoms. The second-order valence-electron chi connectivity index (χ2n) is 4.65. The molecule has 2 rings (SSSR count). The van der Waals surface area contributed by atoms with Gasteiger partial charge in [-0.1, -0.05) is 23.7 Å². The van der Waals surface area contributed by atoms with E-state index in [-0.39, 0.29) is 5.97 Å². The van der Waals surface area contributed by atoms with Crippen molar-refractivity contribution in [2.24, 2.45) is 0 Å². The summed E-state index contributed by atoms with van der Waals surface area (Å²) >= 11 is 7.64. The SMILES string of the molecule is CCOC(=O)C(NCc1cccs1)c1ccc(Cl)cc1C. The first kappa shape index (κ1) is 16.0.